The van der Waals surface area contributed by atoms with E-state index in [-0.39, 0.29) is 17.4 Å². The number of para-hydroxylation sites is 1. The lowest BCUT2D eigenvalue weighted by atomic mass is 10.1. The number of anilines is 1. The Hall–Kier alpha value is -2.76. The fourth-order valence-corrected chi connectivity index (χ4v) is 2.11. The van der Waals surface area contributed by atoms with Gasteiger partial charge in [-0.15, -0.1) is 0 Å². The summed E-state index contributed by atoms with van der Waals surface area (Å²) < 4.78 is 1.58. The van der Waals surface area contributed by atoms with Crippen LogP contribution >= 0.6 is 0 Å². The van der Waals surface area contributed by atoms with Gasteiger partial charge >= 0.3 is 0 Å². The molecule has 3 aromatic rings. The van der Waals surface area contributed by atoms with E-state index in [0.29, 0.717) is 11.2 Å². The summed E-state index contributed by atoms with van der Waals surface area (Å²) in [6.45, 7) is 0. The molecule has 96 valence electrons. The summed E-state index contributed by atoms with van der Waals surface area (Å²) in [5.74, 6) is -0.0343. The van der Waals surface area contributed by atoms with Crippen LogP contribution in [0.15, 0.2) is 36.5 Å². The molecule has 0 unspecified atom stereocenters. The van der Waals surface area contributed by atoms with E-state index < -0.39 is 0 Å². The lowest BCUT2D eigenvalue weighted by Gasteiger charge is -2.01. The first-order valence-electron chi connectivity index (χ1n) is 5.76. The second-order valence-electron chi connectivity index (χ2n) is 4.19. The van der Waals surface area contributed by atoms with Crippen LogP contribution in [0, 0.1) is 0 Å². The summed E-state index contributed by atoms with van der Waals surface area (Å²) in [7, 11) is 1.71. The van der Waals surface area contributed by atoms with E-state index in [9.17, 15) is 9.90 Å². The fraction of sp³-hybridized carbons (Fsp3) is 0.0769. The number of aryl methyl sites for hydroxylation is 1. The highest BCUT2D eigenvalue weighted by molar-refractivity contribution is 6.14. The van der Waals surface area contributed by atoms with Crippen molar-refractivity contribution in [3.05, 3.63) is 42.1 Å². The van der Waals surface area contributed by atoms with Crippen molar-refractivity contribution in [1.29, 1.82) is 0 Å². The zero-order valence-electron chi connectivity index (χ0n) is 10.2. The summed E-state index contributed by atoms with van der Waals surface area (Å²) >= 11 is 0. The van der Waals surface area contributed by atoms with Crippen LogP contribution in [0.4, 0.5) is 5.82 Å². The Kier molecular flexibility index (Phi) is 2.49. The van der Waals surface area contributed by atoms with Crippen LogP contribution in [-0.2, 0) is 7.05 Å². The van der Waals surface area contributed by atoms with Crippen LogP contribution in [0.1, 0.15) is 10.4 Å². The van der Waals surface area contributed by atoms with Crippen molar-refractivity contribution in [2.75, 3.05) is 5.32 Å². The number of rotatable bonds is 2. The molecule has 0 bridgehead atoms. The van der Waals surface area contributed by atoms with Gasteiger partial charge in [-0.25, -0.2) is 0 Å². The lowest BCUT2D eigenvalue weighted by molar-refractivity contribution is 0.102. The highest BCUT2D eigenvalue weighted by Crippen LogP contribution is 2.30. The summed E-state index contributed by atoms with van der Waals surface area (Å²) in [6.07, 6.45) is 1.61. The molecule has 2 aromatic heterocycles. The molecule has 0 aliphatic rings. The first-order valence-corrected chi connectivity index (χ1v) is 5.76. The van der Waals surface area contributed by atoms with Crippen LogP contribution in [-0.4, -0.2) is 25.8 Å². The molecule has 19 heavy (non-hydrogen) atoms. The minimum Gasteiger partial charge on any atom is -0.494 e. The molecular formula is C13H12N4O2. The standard InChI is InChI=1S/C13H12N4O2/c1-17-9-5-3-2-4-8(9)11(13(17)19)12(18)15-10-6-7-14-16-10/h2-7,19H,1H3,(H2,14,15,16,18). The number of carbonyl (C=O) groups is 1. The van der Waals surface area contributed by atoms with E-state index >= 15 is 0 Å². The maximum Gasteiger partial charge on any atom is 0.262 e. The highest BCUT2D eigenvalue weighted by Gasteiger charge is 2.20. The van der Waals surface area contributed by atoms with Crippen LogP contribution in [0.3, 0.4) is 0 Å². The molecule has 0 spiro atoms. The number of nitrogens with one attached hydrogen (secondary N) is 2. The van der Waals surface area contributed by atoms with Crippen LogP contribution < -0.4 is 5.32 Å². The summed E-state index contributed by atoms with van der Waals surface area (Å²) in [5, 5.41) is 19.9. The summed E-state index contributed by atoms with van der Waals surface area (Å²) in [5.41, 5.74) is 1.05. The van der Waals surface area contributed by atoms with E-state index in [0.717, 1.165) is 5.52 Å². The van der Waals surface area contributed by atoms with Gasteiger partial charge in [-0.3, -0.25) is 9.89 Å². The van der Waals surface area contributed by atoms with Gasteiger partial charge in [0.15, 0.2) is 5.82 Å². The van der Waals surface area contributed by atoms with Gasteiger partial charge in [0.1, 0.15) is 5.56 Å². The third-order valence-electron chi connectivity index (χ3n) is 3.05. The van der Waals surface area contributed by atoms with Crippen LogP contribution in [0.25, 0.3) is 10.9 Å². The quantitative estimate of drug-likeness (QED) is 0.654. The third-order valence-corrected chi connectivity index (χ3v) is 3.05. The van der Waals surface area contributed by atoms with E-state index in [1.165, 1.54) is 0 Å². The van der Waals surface area contributed by atoms with Gasteiger partial charge < -0.3 is 15.0 Å². The first-order chi connectivity index (χ1) is 9.18. The number of aromatic nitrogens is 3. The maximum atomic E-state index is 12.2. The van der Waals surface area contributed by atoms with E-state index in [4.69, 9.17) is 0 Å². The zero-order chi connectivity index (χ0) is 13.4. The summed E-state index contributed by atoms with van der Waals surface area (Å²) in [6, 6.07) is 8.97. The Morgan fingerprint density at radius 1 is 1.37 bits per heavy atom. The molecule has 1 aromatic carbocycles. The second-order valence-corrected chi connectivity index (χ2v) is 4.19. The minimum atomic E-state index is -0.388. The number of hydrogen-bond donors (Lipinski definition) is 3. The van der Waals surface area contributed by atoms with Gasteiger partial charge in [0.25, 0.3) is 5.91 Å². The molecule has 0 saturated carbocycles. The topological polar surface area (TPSA) is 82.9 Å². The SMILES string of the molecule is Cn1c(O)c(C(=O)Nc2cc[nH]n2)c2ccccc21. The molecule has 0 aliphatic carbocycles. The number of fused-ring (bicyclic) bond motifs is 1. The number of nitrogens with zero attached hydrogens (tertiary/aromatic N) is 2. The monoisotopic (exact) mass is 256 g/mol. The van der Waals surface area contributed by atoms with Crippen molar-refractivity contribution in [3.63, 3.8) is 0 Å². The number of H-pyrrole nitrogens is 1. The molecule has 0 atom stereocenters. The molecular weight excluding hydrogens is 244 g/mol. The molecule has 3 rings (SSSR count). The lowest BCUT2D eigenvalue weighted by Crippen LogP contribution is -2.12. The van der Waals surface area contributed by atoms with Crippen LogP contribution in [0.2, 0.25) is 0 Å². The first kappa shape index (κ1) is 11.3. The Bertz CT molecular complexity index is 743. The molecule has 6 nitrogen and oxygen atoms in total. The number of hydrogen-bond acceptors (Lipinski definition) is 3. The predicted molar refractivity (Wildman–Crippen MR) is 71.1 cm³/mol. The minimum absolute atomic E-state index is 0.0609. The van der Waals surface area contributed by atoms with Gasteiger partial charge in [0.05, 0.1) is 5.52 Å². The molecule has 0 radical (unpaired) electrons. The zero-order valence-corrected chi connectivity index (χ0v) is 10.2. The Morgan fingerprint density at radius 3 is 2.89 bits per heavy atom. The summed E-state index contributed by atoms with van der Waals surface area (Å²) in [4.78, 5) is 12.2. The van der Waals surface area contributed by atoms with E-state index in [1.54, 1.807) is 29.9 Å². The molecule has 3 N–H and O–H groups in total. The van der Waals surface area contributed by atoms with Gasteiger partial charge in [-0.1, -0.05) is 18.2 Å². The van der Waals surface area contributed by atoms with Gasteiger partial charge in [-0.2, -0.15) is 5.10 Å². The molecule has 0 aliphatic heterocycles. The molecule has 0 fully saturated rings. The Balaban J connectivity index is 2.09. The normalized spacial score (nSPS) is 10.8. The smallest absolute Gasteiger partial charge is 0.262 e. The maximum absolute atomic E-state index is 12.2. The fourth-order valence-electron chi connectivity index (χ4n) is 2.11. The van der Waals surface area contributed by atoms with Crippen LogP contribution in [0.5, 0.6) is 5.88 Å². The second kappa shape index (κ2) is 4.16. The van der Waals surface area contributed by atoms with Gasteiger partial charge in [0, 0.05) is 24.7 Å². The van der Waals surface area contributed by atoms with Crippen molar-refractivity contribution < 1.29 is 9.90 Å². The number of carbonyl (C=O) groups excluding carboxylic acids is 1. The van der Waals surface area contributed by atoms with Crippen molar-refractivity contribution >= 4 is 22.6 Å². The average Bonchev–Trinajstić information content (AvgIpc) is 2.99. The highest BCUT2D eigenvalue weighted by atomic mass is 16.3. The largest absolute Gasteiger partial charge is 0.494 e. The predicted octanol–water partition coefficient (Wildman–Crippen LogP) is 1.86. The molecule has 6 heteroatoms. The number of aromatic hydroxyl groups is 1. The Labute approximate surface area is 108 Å². The number of amides is 1. The van der Waals surface area contributed by atoms with Crippen molar-refractivity contribution in [2.24, 2.45) is 7.05 Å². The van der Waals surface area contributed by atoms with Crippen molar-refractivity contribution in [1.82, 2.24) is 14.8 Å². The van der Waals surface area contributed by atoms with Crippen molar-refractivity contribution in [2.45, 2.75) is 0 Å². The number of aromatic amines is 1. The molecule has 0 saturated heterocycles. The number of benzene rings is 1. The van der Waals surface area contributed by atoms with E-state index in [1.807, 2.05) is 18.2 Å². The average molecular weight is 256 g/mol. The van der Waals surface area contributed by atoms with E-state index in [2.05, 4.69) is 15.5 Å². The molecule has 1 amide bonds. The van der Waals surface area contributed by atoms with Crippen molar-refractivity contribution in [3.8, 4) is 5.88 Å². The Morgan fingerprint density at radius 2 is 2.16 bits per heavy atom. The van der Waals surface area contributed by atoms with Gasteiger partial charge in [0.2, 0.25) is 5.88 Å². The molecule has 2 heterocycles. The van der Waals surface area contributed by atoms with Gasteiger partial charge in [-0.05, 0) is 6.07 Å². The third kappa shape index (κ3) is 1.74.